The van der Waals surface area contributed by atoms with E-state index in [0.29, 0.717) is 0 Å². The third-order valence-electron chi connectivity index (χ3n) is 2.27. The number of hydrogen-bond acceptors (Lipinski definition) is 3. The van der Waals surface area contributed by atoms with Gasteiger partial charge in [-0.25, -0.2) is 5.26 Å². The monoisotopic (exact) mass is 215 g/mol. The largest absolute Gasteiger partial charge is 0.493 e. The van der Waals surface area contributed by atoms with Crippen molar-refractivity contribution in [2.45, 2.75) is 0 Å². The molecule has 2 aromatic carbocycles. The average Bonchev–Trinajstić information content (AvgIpc) is 2.39. The van der Waals surface area contributed by atoms with Crippen molar-refractivity contribution in [1.82, 2.24) is 0 Å². The molecule has 0 radical (unpaired) electrons. The summed E-state index contributed by atoms with van der Waals surface area (Å²) in [5.41, 5.74) is 0. The smallest absolute Gasteiger partial charge is 0.168 e. The molecule has 0 amide bonds. The Morgan fingerprint density at radius 3 is 2.25 bits per heavy atom. The number of benzene rings is 2. The van der Waals surface area contributed by atoms with Crippen LogP contribution in [0.5, 0.6) is 11.5 Å². The lowest BCUT2D eigenvalue weighted by atomic mass is 10.1. The summed E-state index contributed by atoms with van der Waals surface area (Å²) in [6.07, 6.45) is 0. The van der Waals surface area contributed by atoms with Gasteiger partial charge in [-0.3, -0.25) is 0 Å². The molecule has 0 aromatic heterocycles. The van der Waals surface area contributed by atoms with Gasteiger partial charge in [-0.1, -0.05) is 30.3 Å². The zero-order valence-electron chi connectivity index (χ0n) is 9.31. The molecule has 0 saturated carbocycles. The van der Waals surface area contributed by atoms with Crippen molar-refractivity contribution in [2.75, 3.05) is 14.2 Å². The van der Waals surface area contributed by atoms with E-state index in [2.05, 4.69) is 12.6 Å². The van der Waals surface area contributed by atoms with Gasteiger partial charge >= 0.3 is 0 Å². The number of hydrogen-bond donors (Lipinski definition) is 0. The maximum absolute atomic E-state index is 6.50. The predicted octanol–water partition coefficient (Wildman–Crippen LogP) is 3.00. The second kappa shape index (κ2) is 5.62. The molecule has 0 aliphatic carbocycles. The van der Waals surface area contributed by atoms with Gasteiger partial charge < -0.3 is 9.47 Å². The fraction of sp³-hybridized carbons (Fsp3) is 0.154. The molecule has 0 fully saturated rings. The van der Waals surface area contributed by atoms with Crippen LogP contribution in [0.1, 0.15) is 0 Å². The van der Waals surface area contributed by atoms with E-state index < -0.39 is 0 Å². The van der Waals surface area contributed by atoms with Gasteiger partial charge in [-0.15, -0.1) is 0 Å². The van der Waals surface area contributed by atoms with Crippen LogP contribution in [0.25, 0.3) is 10.8 Å². The number of rotatable bonds is 2. The molecule has 0 aliphatic heterocycles. The normalized spacial score (nSPS) is 9.00. The fourth-order valence-corrected chi connectivity index (χ4v) is 1.59. The average molecular weight is 215 g/mol. The van der Waals surface area contributed by atoms with Crippen molar-refractivity contribution >= 4 is 10.8 Å². The zero-order chi connectivity index (χ0) is 12.0. The van der Waals surface area contributed by atoms with E-state index in [1.165, 1.54) is 0 Å². The molecule has 3 heteroatoms. The van der Waals surface area contributed by atoms with E-state index >= 15 is 0 Å². The summed E-state index contributed by atoms with van der Waals surface area (Å²) in [6.45, 7) is 3.50. The second-order valence-electron chi connectivity index (χ2n) is 3.02. The Kier molecular flexibility index (Phi) is 4.16. The van der Waals surface area contributed by atoms with Crippen molar-refractivity contribution in [3.8, 4) is 18.1 Å². The standard InChI is InChI=1S/C12H12O2.CHN/c1-13-11-8-7-9-5-3-4-6-10(9)12(11)14-2;1-2/h3-8H,1-2H3;1H. The maximum Gasteiger partial charge on any atom is 0.168 e. The lowest BCUT2D eigenvalue weighted by Gasteiger charge is -2.09. The summed E-state index contributed by atoms with van der Waals surface area (Å²) in [7, 11) is 3.30. The lowest BCUT2D eigenvalue weighted by Crippen LogP contribution is -1.90. The van der Waals surface area contributed by atoms with Crippen LogP contribution in [0.4, 0.5) is 0 Å². The van der Waals surface area contributed by atoms with Crippen molar-refractivity contribution in [2.24, 2.45) is 0 Å². The summed E-state index contributed by atoms with van der Waals surface area (Å²) in [6, 6.07) is 12.0. The molecule has 2 aromatic rings. The first kappa shape index (κ1) is 11.9. The Morgan fingerprint density at radius 1 is 0.938 bits per heavy atom. The molecule has 16 heavy (non-hydrogen) atoms. The predicted molar refractivity (Wildman–Crippen MR) is 63.7 cm³/mol. The molecule has 0 aliphatic rings. The van der Waals surface area contributed by atoms with Crippen molar-refractivity contribution < 1.29 is 9.47 Å². The highest BCUT2D eigenvalue weighted by atomic mass is 16.5. The van der Waals surface area contributed by atoms with Crippen molar-refractivity contribution in [1.29, 1.82) is 5.26 Å². The highest BCUT2D eigenvalue weighted by Crippen LogP contribution is 2.34. The number of fused-ring (bicyclic) bond motifs is 1. The SMILES string of the molecule is C#N.COc1ccc2ccccc2c1OC. The molecule has 0 spiro atoms. The summed E-state index contributed by atoms with van der Waals surface area (Å²) in [5, 5.41) is 8.74. The van der Waals surface area contributed by atoms with Crippen LogP contribution >= 0.6 is 0 Å². The first-order chi connectivity index (χ1) is 7.86. The van der Waals surface area contributed by atoms with E-state index in [1.54, 1.807) is 14.2 Å². The number of methoxy groups -OCH3 is 2. The number of nitrogens with zero attached hydrogens (tertiary/aromatic N) is 1. The minimum atomic E-state index is 0.770. The Balaban J connectivity index is 0.000000606. The third-order valence-corrected chi connectivity index (χ3v) is 2.27. The Morgan fingerprint density at radius 2 is 1.62 bits per heavy atom. The van der Waals surface area contributed by atoms with Gasteiger partial charge in [0.15, 0.2) is 11.5 Å². The molecule has 2 rings (SSSR count). The van der Waals surface area contributed by atoms with Gasteiger partial charge in [0.1, 0.15) is 0 Å². The molecule has 0 atom stereocenters. The molecule has 0 saturated heterocycles. The molecule has 3 nitrogen and oxygen atoms in total. The van der Waals surface area contributed by atoms with Gasteiger partial charge in [-0.05, 0) is 11.5 Å². The maximum atomic E-state index is 6.50. The Bertz CT molecular complexity index is 492. The second-order valence-corrected chi connectivity index (χ2v) is 3.02. The minimum absolute atomic E-state index is 0.770. The summed E-state index contributed by atoms with van der Waals surface area (Å²) in [4.78, 5) is 0. The van der Waals surface area contributed by atoms with E-state index in [-0.39, 0.29) is 0 Å². The summed E-state index contributed by atoms with van der Waals surface area (Å²) in [5.74, 6) is 1.57. The lowest BCUT2D eigenvalue weighted by molar-refractivity contribution is 0.358. The highest BCUT2D eigenvalue weighted by molar-refractivity contribution is 5.90. The van der Waals surface area contributed by atoms with E-state index in [4.69, 9.17) is 14.7 Å². The van der Waals surface area contributed by atoms with Gasteiger partial charge in [-0.2, -0.15) is 0 Å². The Hall–Kier alpha value is -2.21. The molecular weight excluding hydrogens is 202 g/mol. The minimum Gasteiger partial charge on any atom is -0.493 e. The molecular formula is C13H13NO2. The molecule has 0 N–H and O–H groups in total. The van der Waals surface area contributed by atoms with E-state index in [9.17, 15) is 0 Å². The molecule has 0 unspecified atom stereocenters. The van der Waals surface area contributed by atoms with Crippen LogP contribution in [-0.2, 0) is 0 Å². The summed E-state index contributed by atoms with van der Waals surface area (Å²) >= 11 is 0. The molecule has 0 heterocycles. The zero-order valence-corrected chi connectivity index (χ0v) is 9.31. The van der Waals surface area contributed by atoms with Crippen LogP contribution < -0.4 is 9.47 Å². The number of nitriles is 1. The van der Waals surface area contributed by atoms with E-state index in [0.717, 1.165) is 22.3 Å². The Labute approximate surface area is 94.8 Å². The van der Waals surface area contributed by atoms with Crippen molar-refractivity contribution in [3.63, 3.8) is 0 Å². The van der Waals surface area contributed by atoms with Crippen LogP contribution in [-0.4, -0.2) is 14.2 Å². The van der Waals surface area contributed by atoms with Crippen LogP contribution in [0.3, 0.4) is 0 Å². The van der Waals surface area contributed by atoms with Crippen molar-refractivity contribution in [3.05, 3.63) is 36.4 Å². The van der Waals surface area contributed by atoms with Crippen LogP contribution in [0, 0.1) is 11.8 Å². The first-order valence-electron chi connectivity index (χ1n) is 4.72. The molecule has 82 valence electrons. The van der Waals surface area contributed by atoms with Gasteiger partial charge in [0, 0.05) is 12.0 Å². The van der Waals surface area contributed by atoms with Gasteiger partial charge in [0.05, 0.1) is 14.2 Å². The molecule has 0 bridgehead atoms. The van der Waals surface area contributed by atoms with E-state index in [1.807, 2.05) is 30.3 Å². The van der Waals surface area contributed by atoms with Gasteiger partial charge in [0.2, 0.25) is 0 Å². The highest BCUT2D eigenvalue weighted by Gasteiger charge is 2.06. The van der Waals surface area contributed by atoms with Gasteiger partial charge in [0.25, 0.3) is 0 Å². The number of ether oxygens (including phenoxy) is 2. The summed E-state index contributed by atoms with van der Waals surface area (Å²) < 4.78 is 10.5. The van der Waals surface area contributed by atoms with Crippen LogP contribution in [0.15, 0.2) is 36.4 Å². The fourth-order valence-electron chi connectivity index (χ4n) is 1.59. The topological polar surface area (TPSA) is 42.2 Å². The first-order valence-corrected chi connectivity index (χ1v) is 4.72. The third kappa shape index (κ3) is 2.06. The van der Waals surface area contributed by atoms with Crippen LogP contribution in [0.2, 0.25) is 0 Å². The quantitative estimate of drug-likeness (QED) is 0.773.